The van der Waals surface area contributed by atoms with Gasteiger partial charge in [0, 0.05) is 62.6 Å². The zero-order valence-corrected chi connectivity index (χ0v) is 37.5. The van der Waals surface area contributed by atoms with Crippen molar-refractivity contribution in [3.05, 3.63) is 254 Å². The Morgan fingerprint density at radius 3 is 1.72 bits per heavy atom. The van der Waals surface area contributed by atoms with E-state index in [0.717, 1.165) is 100 Å². The lowest BCUT2D eigenvalue weighted by molar-refractivity contribution is 1.16. The van der Waals surface area contributed by atoms with Gasteiger partial charge in [-0.25, -0.2) is 9.98 Å². The number of nitrogens with two attached hydrogens (primary N) is 1. The van der Waals surface area contributed by atoms with Crippen LogP contribution in [0.2, 0.25) is 0 Å². The van der Waals surface area contributed by atoms with Gasteiger partial charge in [-0.15, -0.1) is 0 Å². The molecule has 0 aliphatic rings. The topological polar surface area (TPSA) is 83.3 Å². The molecule has 11 aromatic rings. The summed E-state index contributed by atoms with van der Waals surface area (Å²) in [7, 11) is 2.06. The lowest BCUT2D eigenvalue weighted by Crippen LogP contribution is -2.29. The molecule has 68 heavy (non-hydrogen) atoms. The van der Waals surface area contributed by atoms with Gasteiger partial charge in [0.2, 0.25) is 0 Å². The predicted octanol–water partition coefficient (Wildman–Crippen LogP) is 15.0. The number of aliphatic imine (C=N–C) groups is 1. The number of amidine groups is 2. The molecule has 0 aliphatic carbocycles. The van der Waals surface area contributed by atoms with E-state index >= 15 is 0 Å². The van der Waals surface area contributed by atoms with E-state index < -0.39 is 0 Å². The molecule has 2 heterocycles. The molecule has 0 unspecified atom stereocenters. The van der Waals surface area contributed by atoms with Crippen molar-refractivity contribution < 1.29 is 0 Å². The highest BCUT2D eigenvalue weighted by atomic mass is 15.2. The van der Waals surface area contributed by atoms with Gasteiger partial charge in [0.25, 0.3) is 0 Å². The zero-order chi connectivity index (χ0) is 46.0. The lowest BCUT2D eigenvalue weighted by atomic mass is 9.97. The molecule has 0 saturated carbocycles. The Balaban J connectivity index is 1.16. The SMILES string of the molecule is CN(/C(=N\C(=N)c1ccccc1-c1ccccc1)c1ccccc1)c1c(-c2ccccc2N)ccc2c3ccccc3n(-c3cccc(-c4cc(-c5ccccc5)nc(-c5ccccc5)c4)c3)c12. The smallest absolute Gasteiger partial charge is 0.154 e. The van der Waals surface area contributed by atoms with Crippen molar-refractivity contribution in [2.45, 2.75) is 0 Å². The third-order valence-electron chi connectivity index (χ3n) is 12.6. The van der Waals surface area contributed by atoms with Crippen molar-refractivity contribution in [1.82, 2.24) is 9.55 Å². The summed E-state index contributed by atoms with van der Waals surface area (Å²) in [5.74, 6) is 0.768. The molecule has 0 bridgehead atoms. The molecule has 3 N–H and O–H groups in total. The summed E-state index contributed by atoms with van der Waals surface area (Å²) in [5, 5.41) is 11.9. The van der Waals surface area contributed by atoms with E-state index in [9.17, 15) is 5.41 Å². The molecule has 0 saturated heterocycles. The van der Waals surface area contributed by atoms with E-state index in [-0.39, 0.29) is 5.84 Å². The summed E-state index contributed by atoms with van der Waals surface area (Å²) < 4.78 is 2.37. The van der Waals surface area contributed by atoms with E-state index in [1.54, 1.807) is 0 Å². The van der Waals surface area contributed by atoms with Crippen LogP contribution in [0.4, 0.5) is 11.4 Å². The highest BCUT2D eigenvalue weighted by Gasteiger charge is 2.26. The number of anilines is 2. The molecule has 0 fully saturated rings. The van der Waals surface area contributed by atoms with Crippen molar-refractivity contribution in [2.75, 3.05) is 17.7 Å². The molecular formula is C62H46N6. The van der Waals surface area contributed by atoms with Gasteiger partial charge >= 0.3 is 0 Å². The monoisotopic (exact) mass is 874 g/mol. The van der Waals surface area contributed by atoms with Gasteiger partial charge < -0.3 is 15.2 Å². The Bertz CT molecular complexity index is 3600. The third-order valence-corrected chi connectivity index (χ3v) is 12.6. The molecule has 9 aromatic carbocycles. The van der Waals surface area contributed by atoms with Crippen LogP contribution in [0.25, 0.3) is 83.4 Å². The minimum absolute atomic E-state index is 0.151. The fraction of sp³-hybridized carbons (Fsp3) is 0.0161. The number of nitrogens with zero attached hydrogens (tertiary/aromatic N) is 4. The van der Waals surface area contributed by atoms with Crippen LogP contribution in [0.3, 0.4) is 0 Å². The van der Waals surface area contributed by atoms with Crippen LogP contribution >= 0.6 is 0 Å². The molecule has 0 atom stereocenters. The van der Waals surface area contributed by atoms with Crippen LogP contribution in [0, 0.1) is 5.41 Å². The van der Waals surface area contributed by atoms with Gasteiger partial charge in [-0.1, -0.05) is 206 Å². The average Bonchev–Trinajstić information content (AvgIpc) is 3.75. The number of rotatable bonds is 9. The number of hydrogen-bond acceptors (Lipinski definition) is 3. The summed E-state index contributed by atoms with van der Waals surface area (Å²) in [4.78, 5) is 12.6. The Morgan fingerprint density at radius 1 is 0.485 bits per heavy atom. The number of benzene rings is 9. The number of nitrogens with one attached hydrogen (secondary N) is 1. The minimum Gasteiger partial charge on any atom is -0.398 e. The molecule has 0 radical (unpaired) electrons. The molecule has 0 spiro atoms. The van der Waals surface area contributed by atoms with Crippen molar-refractivity contribution in [2.24, 2.45) is 4.99 Å². The first-order chi connectivity index (χ1) is 33.5. The number of nitrogen functional groups attached to an aromatic ring is 1. The molecule has 6 heteroatoms. The van der Waals surface area contributed by atoms with Crippen molar-refractivity contribution in [3.8, 4) is 61.6 Å². The van der Waals surface area contributed by atoms with Crippen LogP contribution in [-0.4, -0.2) is 28.3 Å². The lowest BCUT2D eigenvalue weighted by Gasteiger charge is -2.27. The summed E-state index contributed by atoms with van der Waals surface area (Å²) in [6.45, 7) is 0. The summed E-state index contributed by atoms with van der Waals surface area (Å²) in [5.41, 5.74) is 22.9. The van der Waals surface area contributed by atoms with Crippen molar-refractivity contribution in [1.29, 1.82) is 5.41 Å². The fourth-order valence-corrected chi connectivity index (χ4v) is 9.39. The number of aromatic nitrogens is 2. The van der Waals surface area contributed by atoms with E-state index in [0.29, 0.717) is 11.5 Å². The first kappa shape index (κ1) is 41.6. The van der Waals surface area contributed by atoms with Crippen LogP contribution in [0.5, 0.6) is 0 Å². The van der Waals surface area contributed by atoms with Gasteiger partial charge in [0.05, 0.1) is 28.1 Å². The summed E-state index contributed by atoms with van der Waals surface area (Å²) >= 11 is 0. The maximum absolute atomic E-state index is 9.74. The first-order valence-electron chi connectivity index (χ1n) is 22.8. The molecule has 0 aliphatic heterocycles. The summed E-state index contributed by atoms with van der Waals surface area (Å²) in [6, 6.07) is 83.3. The first-order valence-corrected chi connectivity index (χ1v) is 22.8. The second kappa shape index (κ2) is 18.0. The maximum Gasteiger partial charge on any atom is 0.154 e. The molecule has 0 amide bonds. The van der Waals surface area contributed by atoms with Crippen LogP contribution in [0.15, 0.2) is 248 Å². The molecular weight excluding hydrogens is 829 g/mol. The number of hydrogen-bond donors (Lipinski definition) is 2. The largest absolute Gasteiger partial charge is 0.398 e. The van der Waals surface area contributed by atoms with Gasteiger partial charge in [-0.2, -0.15) is 0 Å². The highest BCUT2D eigenvalue weighted by Crippen LogP contribution is 2.45. The molecule has 11 rings (SSSR count). The molecule has 2 aromatic heterocycles. The van der Waals surface area contributed by atoms with Crippen molar-refractivity contribution >= 4 is 44.9 Å². The number of fused-ring (bicyclic) bond motifs is 3. The van der Waals surface area contributed by atoms with Crippen LogP contribution in [-0.2, 0) is 0 Å². The van der Waals surface area contributed by atoms with Crippen LogP contribution in [0.1, 0.15) is 11.1 Å². The number of pyridine rings is 1. The normalized spacial score (nSPS) is 11.5. The molecule has 6 nitrogen and oxygen atoms in total. The minimum atomic E-state index is 0.151. The van der Waals surface area contributed by atoms with E-state index in [4.69, 9.17) is 15.7 Å². The molecule has 324 valence electrons. The quantitative estimate of drug-likeness (QED) is 0.0861. The Kier molecular flexibility index (Phi) is 11.0. The Morgan fingerprint density at radius 2 is 1.04 bits per heavy atom. The van der Waals surface area contributed by atoms with E-state index in [1.807, 2.05) is 84.9 Å². The maximum atomic E-state index is 9.74. The van der Waals surface area contributed by atoms with Gasteiger partial charge in [-0.3, -0.25) is 5.41 Å². The second-order valence-electron chi connectivity index (χ2n) is 16.8. The van der Waals surface area contributed by atoms with Crippen LogP contribution < -0.4 is 10.6 Å². The van der Waals surface area contributed by atoms with Gasteiger partial charge in [0.15, 0.2) is 5.84 Å². The Hall–Kier alpha value is -9.13. The zero-order valence-electron chi connectivity index (χ0n) is 37.5. The predicted molar refractivity (Wildman–Crippen MR) is 285 cm³/mol. The summed E-state index contributed by atoms with van der Waals surface area (Å²) in [6.07, 6.45) is 0. The van der Waals surface area contributed by atoms with Crippen molar-refractivity contribution in [3.63, 3.8) is 0 Å². The van der Waals surface area contributed by atoms with Gasteiger partial charge in [-0.05, 0) is 58.7 Å². The number of para-hydroxylation sites is 2. The third kappa shape index (κ3) is 7.80. The van der Waals surface area contributed by atoms with E-state index in [2.05, 4.69) is 174 Å². The second-order valence-corrected chi connectivity index (χ2v) is 16.8. The standard InChI is InChI=1S/C62H46N6/c1-67(62(45-27-12-5-13-28-45)66-61(64)54-34-15-14-31-49(54)42-21-6-2-7-22-42)59-52(50-32-16-18-35-55(50)63)37-38-53-51-33-17-19-36-58(51)68(60(53)59)48-30-20-29-46(39-48)47-40-56(43-23-8-3-9-24-43)65-57(41-47)44-25-10-4-11-26-44/h2-41,64H,63H2,1H3/b64-61?,66-62-. The fourth-order valence-electron chi connectivity index (χ4n) is 9.39. The Labute approximate surface area is 396 Å². The van der Waals surface area contributed by atoms with Gasteiger partial charge in [0.1, 0.15) is 5.84 Å². The van der Waals surface area contributed by atoms with E-state index in [1.165, 1.54) is 0 Å². The highest BCUT2D eigenvalue weighted by molar-refractivity contribution is 6.24. The average molecular weight is 875 g/mol.